The van der Waals surface area contributed by atoms with Gasteiger partial charge in [-0.15, -0.1) is 0 Å². The molecule has 0 radical (unpaired) electrons. The Morgan fingerprint density at radius 2 is 0.318 bits per heavy atom. The molecule has 0 aliphatic rings. The smallest absolute Gasteiger partial charge is 0.221 e. The molecule has 0 fully saturated rings. The lowest BCUT2D eigenvalue weighted by atomic mass is 9.95. The summed E-state index contributed by atoms with van der Waals surface area (Å²) in [5.74, 6) is -0.222. The van der Waals surface area contributed by atoms with Gasteiger partial charge in [0.15, 0.2) is 0 Å². The highest BCUT2D eigenvalue weighted by Gasteiger charge is 2.32. The number of nitrogens with one attached hydrogen (secondary N) is 2. The highest BCUT2D eigenvalue weighted by molar-refractivity contribution is 5.90. The molecule has 0 saturated carbocycles. The van der Waals surface area contributed by atoms with E-state index in [1.54, 1.807) is 0 Å². The second kappa shape index (κ2) is 30.8. The zero-order chi connectivity index (χ0) is 74.3. The Morgan fingerprint density at radius 3 is 0.464 bits per heavy atom. The molecule has 13 aromatic carbocycles. The molecule has 8 nitrogen and oxygen atoms in total. The lowest BCUT2D eigenvalue weighted by Gasteiger charge is -2.15. The standard InChI is InChI=1S/C102H74N6O2/c1-71(109)103-89-51-55-91(56-52-89)105-95(77-27-11-3-12-28-77)63-85(64-96(105)78-29-13-4-14-30-78)73-43-47-75(48-44-73)87-67-99(81-35-19-7-20-36-81)107(100(68-87)82-37-21-8-22-38-82)93-59-61-94(62-60-93)108-101(83-39-23-9-24-40-83)69-88(70-102(108)84-41-25-10-26-42-84)76-49-45-74(46-50-76)86-65-97(79-31-15-5-16-32-79)106(98(66-86)80-33-17-6-18-34-80)92-57-53-90(54-58-92)104-72(2)110/h3-70H,1-2H3/q+2/p+2. The fourth-order valence-corrected chi connectivity index (χ4v) is 15.0. The van der Waals surface area contributed by atoms with Crippen molar-refractivity contribution in [3.05, 3.63) is 413 Å². The van der Waals surface area contributed by atoms with E-state index in [1.165, 1.54) is 13.8 Å². The number of benzene rings is 13. The zero-order valence-corrected chi connectivity index (χ0v) is 60.9. The number of hydrogen-bond donors (Lipinski definition) is 2. The molecule has 2 amide bonds. The topological polar surface area (TPSA) is 73.7 Å². The van der Waals surface area contributed by atoms with Crippen LogP contribution in [0.4, 0.5) is 11.4 Å². The van der Waals surface area contributed by atoms with Gasteiger partial charge in [-0.3, -0.25) is 9.59 Å². The zero-order valence-electron chi connectivity index (χ0n) is 60.9. The summed E-state index contributed by atoms with van der Waals surface area (Å²) < 4.78 is 9.45. The minimum absolute atomic E-state index is 0.111. The van der Waals surface area contributed by atoms with Crippen LogP contribution >= 0.6 is 0 Å². The predicted molar refractivity (Wildman–Crippen MR) is 446 cm³/mol. The van der Waals surface area contributed by atoms with Gasteiger partial charge in [0.1, 0.15) is 0 Å². The fraction of sp³-hybridized carbons (Fsp3) is 0.0196. The normalized spacial score (nSPS) is 11.1. The fourth-order valence-electron chi connectivity index (χ4n) is 15.0. The van der Waals surface area contributed by atoms with E-state index >= 15 is 0 Å². The molecule has 522 valence electrons. The van der Waals surface area contributed by atoms with Crippen molar-refractivity contribution in [2.24, 2.45) is 0 Å². The van der Waals surface area contributed by atoms with Gasteiger partial charge in [0.05, 0.1) is 0 Å². The number of anilines is 2. The maximum absolute atomic E-state index is 12.1. The summed E-state index contributed by atoms with van der Waals surface area (Å²) in [4.78, 5) is 24.2. The Balaban J connectivity index is 0.764. The quantitative estimate of drug-likeness (QED) is 0.0840. The summed E-state index contributed by atoms with van der Waals surface area (Å²) in [7, 11) is 0. The second-order valence-electron chi connectivity index (χ2n) is 27.5. The molecule has 0 saturated heterocycles. The van der Waals surface area contributed by atoms with E-state index in [4.69, 9.17) is 0 Å². The number of pyridine rings is 4. The van der Waals surface area contributed by atoms with Crippen LogP contribution in [0.3, 0.4) is 0 Å². The predicted octanol–water partition coefficient (Wildman–Crippen LogP) is 22.7. The maximum atomic E-state index is 12.1. The first kappa shape index (κ1) is 68.5. The third-order valence-electron chi connectivity index (χ3n) is 20.2. The van der Waals surface area contributed by atoms with Gasteiger partial charge in [-0.05, 0) is 166 Å². The van der Waals surface area contributed by atoms with Crippen molar-refractivity contribution in [1.82, 2.24) is 0 Å². The Hall–Kier alpha value is -14.6. The van der Waals surface area contributed by atoms with E-state index in [1.807, 2.05) is 24.3 Å². The first-order valence-corrected chi connectivity index (χ1v) is 37.1. The summed E-state index contributed by atoms with van der Waals surface area (Å²) in [6.07, 6.45) is 0. The van der Waals surface area contributed by atoms with Crippen LogP contribution in [0, 0.1) is 0 Å². The average molecular weight is 1420 g/mol. The summed E-state index contributed by atoms with van der Waals surface area (Å²) in [5.41, 5.74) is 31.1. The number of rotatable bonds is 18. The Labute approximate surface area is 641 Å². The highest BCUT2D eigenvalue weighted by Crippen LogP contribution is 2.39. The second-order valence-corrected chi connectivity index (χ2v) is 27.5. The summed E-state index contributed by atoms with van der Waals surface area (Å²) in [6.45, 7) is 3.06. The van der Waals surface area contributed by atoms with Gasteiger partial charge in [0.2, 0.25) is 80.1 Å². The van der Waals surface area contributed by atoms with Crippen molar-refractivity contribution in [3.63, 3.8) is 0 Å². The molecule has 17 rings (SSSR count). The van der Waals surface area contributed by atoms with E-state index in [0.717, 1.165) is 169 Å². The summed E-state index contributed by atoms with van der Waals surface area (Å²) in [6, 6.07) is 147. The molecule has 0 atom stereocenters. The molecule has 0 aliphatic heterocycles. The van der Waals surface area contributed by atoms with Crippen molar-refractivity contribution in [2.45, 2.75) is 13.8 Å². The third kappa shape index (κ3) is 14.4. The van der Waals surface area contributed by atoms with Crippen LogP contribution in [0.1, 0.15) is 13.8 Å². The lowest BCUT2D eigenvalue weighted by Crippen LogP contribution is -2.38. The Bertz CT molecular complexity index is 5530. The lowest BCUT2D eigenvalue weighted by molar-refractivity contribution is -0.576. The average Bonchev–Trinajstić information content (AvgIpc) is 0.760. The first-order chi connectivity index (χ1) is 54.2. The number of carbonyl (C=O) groups is 2. The SMILES string of the molecule is CC(=O)Nc1ccc(-[n+]2c(-c3ccccc3)cc(-c3ccc(-c4cc(-c5ccccc5)[n+](-c5ccc(-[n+]6c(-c7ccccc7)cc(-c7ccc(-c8cc(-c9ccccc9)[n+](-c9ccc(NC(C)=O)cc9)c(-c9ccccc9)c8)cc7)cc6-c6ccccc6)cc5)c(-c5ccccc5)c4)cc3)cc2-c2ccccc2)cc1. The molecule has 17 aromatic rings. The Kier molecular flexibility index (Phi) is 19.2. The number of aromatic nitrogens is 4. The van der Waals surface area contributed by atoms with Gasteiger partial charge in [-0.1, -0.05) is 194 Å². The molecule has 8 heteroatoms. The van der Waals surface area contributed by atoms with E-state index in [-0.39, 0.29) is 11.8 Å². The van der Waals surface area contributed by atoms with Gasteiger partial charge in [-0.2, -0.15) is 18.3 Å². The van der Waals surface area contributed by atoms with Crippen molar-refractivity contribution in [1.29, 1.82) is 0 Å². The van der Waals surface area contributed by atoms with Gasteiger partial charge in [-0.25, -0.2) is 0 Å². The largest absolute Gasteiger partial charge is 0.326 e. The van der Waals surface area contributed by atoms with Crippen molar-refractivity contribution < 1.29 is 27.9 Å². The van der Waals surface area contributed by atoms with E-state index in [0.29, 0.717) is 0 Å². The molecule has 4 heterocycles. The van der Waals surface area contributed by atoms with Crippen LogP contribution in [-0.4, -0.2) is 11.8 Å². The maximum Gasteiger partial charge on any atom is 0.221 e. The van der Waals surface area contributed by atoms with E-state index in [9.17, 15) is 9.59 Å². The van der Waals surface area contributed by atoms with Gasteiger partial charge in [0, 0.05) is 167 Å². The van der Waals surface area contributed by atoms with Crippen LogP contribution in [0.25, 0.3) is 157 Å². The van der Waals surface area contributed by atoms with Gasteiger partial charge < -0.3 is 10.6 Å². The van der Waals surface area contributed by atoms with Crippen LogP contribution in [-0.2, 0) is 9.59 Å². The number of nitrogens with zero attached hydrogens (tertiary/aromatic N) is 4. The number of carbonyl (C=O) groups excluding carboxylic acids is 2. The molecule has 0 unspecified atom stereocenters. The third-order valence-corrected chi connectivity index (χ3v) is 20.2. The van der Waals surface area contributed by atoms with Crippen LogP contribution in [0.2, 0.25) is 0 Å². The van der Waals surface area contributed by atoms with E-state index < -0.39 is 0 Å². The molecule has 4 aromatic heterocycles. The monoisotopic (exact) mass is 1420 g/mol. The molecule has 0 bridgehead atoms. The molecular formula is C102H76N6O2+4. The van der Waals surface area contributed by atoms with Crippen LogP contribution < -0.4 is 28.9 Å². The van der Waals surface area contributed by atoms with Gasteiger partial charge in [0.25, 0.3) is 0 Å². The molecule has 0 spiro atoms. The minimum atomic E-state index is -0.111. The van der Waals surface area contributed by atoms with E-state index in [2.05, 4.69) is 417 Å². The Morgan fingerprint density at radius 1 is 0.173 bits per heavy atom. The first-order valence-electron chi connectivity index (χ1n) is 37.1. The summed E-state index contributed by atoms with van der Waals surface area (Å²) >= 11 is 0. The highest BCUT2D eigenvalue weighted by atomic mass is 16.2. The van der Waals surface area contributed by atoms with Crippen LogP contribution in [0.5, 0.6) is 0 Å². The van der Waals surface area contributed by atoms with Crippen molar-refractivity contribution in [3.8, 4) is 157 Å². The molecule has 2 N–H and O–H groups in total. The summed E-state index contributed by atoms with van der Waals surface area (Å²) in [5, 5.41) is 5.88. The molecule has 110 heavy (non-hydrogen) atoms. The van der Waals surface area contributed by atoms with Crippen LogP contribution in [0.15, 0.2) is 413 Å². The number of hydrogen-bond acceptors (Lipinski definition) is 2. The van der Waals surface area contributed by atoms with Crippen molar-refractivity contribution in [2.75, 3.05) is 10.6 Å². The molecular weight excluding hydrogens is 1340 g/mol. The van der Waals surface area contributed by atoms with Gasteiger partial charge >= 0.3 is 0 Å². The minimum Gasteiger partial charge on any atom is -0.326 e. The molecule has 0 aliphatic carbocycles. The van der Waals surface area contributed by atoms with Crippen molar-refractivity contribution >= 4 is 23.2 Å². The number of amides is 2.